The van der Waals surface area contributed by atoms with Crippen LogP contribution in [0.25, 0.3) is 0 Å². The van der Waals surface area contributed by atoms with Crippen molar-refractivity contribution in [2.45, 2.75) is 12.8 Å². The summed E-state index contributed by atoms with van der Waals surface area (Å²) in [5, 5.41) is 12.7. The van der Waals surface area contributed by atoms with Crippen LogP contribution in [0, 0.1) is 0 Å². The third kappa shape index (κ3) is 4.28. The number of phenols is 1. The zero-order valence-corrected chi connectivity index (χ0v) is 11.7. The van der Waals surface area contributed by atoms with Crippen LogP contribution in [0.3, 0.4) is 0 Å². The number of aromatic hydroxyl groups is 1. The van der Waals surface area contributed by atoms with E-state index in [1.807, 2.05) is 12.1 Å². The van der Waals surface area contributed by atoms with Gasteiger partial charge in [0.25, 0.3) is 5.91 Å². The number of aryl methyl sites for hydroxylation is 1. The van der Waals surface area contributed by atoms with Gasteiger partial charge >= 0.3 is 0 Å². The van der Waals surface area contributed by atoms with Gasteiger partial charge in [-0.05, 0) is 54.8 Å². The smallest absolute Gasteiger partial charge is 0.251 e. The van der Waals surface area contributed by atoms with Gasteiger partial charge in [0.2, 0.25) is 0 Å². The number of carbonyl (C=O) groups excluding carboxylic acids is 1. The number of benzene rings is 2. The van der Waals surface area contributed by atoms with E-state index in [1.54, 1.807) is 36.4 Å². The quantitative estimate of drug-likeness (QED) is 0.829. The maximum absolute atomic E-state index is 11.8. The lowest BCUT2D eigenvalue weighted by Gasteiger charge is -2.05. The van der Waals surface area contributed by atoms with Crippen LogP contribution in [0.4, 0.5) is 0 Å². The molecule has 0 saturated carbocycles. The zero-order chi connectivity index (χ0) is 14.4. The summed E-state index contributed by atoms with van der Waals surface area (Å²) in [6.45, 7) is 0.613. The van der Waals surface area contributed by atoms with Crippen molar-refractivity contribution in [1.29, 1.82) is 0 Å². The Morgan fingerprint density at radius 3 is 2.35 bits per heavy atom. The third-order valence-electron chi connectivity index (χ3n) is 2.97. The summed E-state index contributed by atoms with van der Waals surface area (Å²) in [6, 6.07) is 13.9. The Kier molecular flexibility index (Phi) is 5.02. The van der Waals surface area contributed by atoms with Crippen LogP contribution in [0.1, 0.15) is 22.3 Å². The van der Waals surface area contributed by atoms with Crippen molar-refractivity contribution < 1.29 is 9.90 Å². The predicted molar refractivity (Wildman–Crippen MR) is 80.2 cm³/mol. The van der Waals surface area contributed by atoms with Gasteiger partial charge in [-0.3, -0.25) is 4.79 Å². The molecule has 104 valence electrons. The highest BCUT2D eigenvalue weighted by molar-refractivity contribution is 6.30. The van der Waals surface area contributed by atoms with Crippen molar-refractivity contribution >= 4 is 17.5 Å². The van der Waals surface area contributed by atoms with Crippen molar-refractivity contribution in [2.75, 3.05) is 6.54 Å². The van der Waals surface area contributed by atoms with Gasteiger partial charge in [-0.2, -0.15) is 0 Å². The predicted octanol–water partition coefficient (Wildman–Crippen LogP) is 3.41. The van der Waals surface area contributed by atoms with Crippen LogP contribution >= 0.6 is 11.6 Å². The van der Waals surface area contributed by atoms with Crippen molar-refractivity contribution in [3.05, 3.63) is 64.7 Å². The molecule has 0 aliphatic rings. The highest BCUT2D eigenvalue weighted by Crippen LogP contribution is 2.11. The largest absolute Gasteiger partial charge is 0.508 e. The highest BCUT2D eigenvalue weighted by atomic mass is 35.5. The van der Waals surface area contributed by atoms with Crippen molar-refractivity contribution in [2.24, 2.45) is 0 Å². The molecule has 0 spiro atoms. The second-order valence-corrected chi connectivity index (χ2v) is 4.97. The first-order chi connectivity index (χ1) is 9.65. The number of nitrogens with one attached hydrogen (secondary N) is 1. The molecule has 20 heavy (non-hydrogen) atoms. The van der Waals surface area contributed by atoms with Crippen molar-refractivity contribution in [3.8, 4) is 5.75 Å². The van der Waals surface area contributed by atoms with E-state index >= 15 is 0 Å². The van der Waals surface area contributed by atoms with Crippen LogP contribution in [0.2, 0.25) is 5.02 Å². The summed E-state index contributed by atoms with van der Waals surface area (Å²) in [5.41, 5.74) is 1.75. The normalized spacial score (nSPS) is 10.2. The first kappa shape index (κ1) is 14.4. The average Bonchev–Trinajstić information content (AvgIpc) is 2.46. The molecule has 1 amide bonds. The fraction of sp³-hybridized carbons (Fsp3) is 0.188. The Hall–Kier alpha value is -2.00. The third-order valence-corrected chi connectivity index (χ3v) is 3.22. The van der Waals surface area contributed by atoms with E-state index in [2.05, 4.69) is 5.32 Å². The minimum absolute atomic E-state index is 0.0904. The van der Waals surface area contributed by atoms with Gasteiger partial charge in [0.15, 0.2) is 0 Å². The monoisotopic (exact) mass is 289 g/mol. The second-order valence-electron chi connectivity index (χ2n) is 4.53. The summed E-state index contributed by atoms with van der Waals surface area (Å²) >= 11 is 5.77. The summed E-state index contributed by atoms with van der Waals surface area (Å²) in [4.78, 5) is 11.8. The van der Waals surface area contributed by atoms with Crippen molar-refractivity contribution in [1.82, 2.24) is 5.32 Å². The fourth-order valence-electron chi connectivity index (χ4n) is 1.86. The Labute approximate surface area is 123 Å². The molecular weight excluding hydrogens is 274 g/mol. The van der Waals surface area contributed by atoms with Crippen molar-refractivity contribution in [3.63, 3.8) is 0 Å². The lowest BCUT2D eigenvalue weighted by Crippen LogP contribution is -2.24. The van der Waals surface area contributed by atoms with E-state index in [9.17, 15) is 9.90 Å². The van der Waals surface area contributed by atoms with E-state index in [0.717, 1.165) is 18.4 Å². The second kappa shape index (κ2) is 6.96. The topological polar surface area (TPSA) is 49.3 Å². The Bertz CT molecular complexity index is 564. The molecule has 0 heterocycles. The van der Waals surface area contributed by atoms with Crippen LogP contribution in [-0.2, 0) is 6.42 Å². The molecule has 3 nitrogen and oxygen atoms in total. The number of amides is 1. The van der Waals surface area contributed by atoms with Crippen LogP contribution in [0.15, 0.2) is 48.5 Å². The lowest BCUT2D eigenvalue weighted by atomic mass is 10.1. The molecule has 0 unspecified atom stereocenters. The van der Waals surface area contributed by atoms with Gasteiger partial charge in [-0.15, -0.1) is 0 Å². The van der Waals surface area contributed by atoms with Gasteiger partial charge in [0, 0.05) is 17.1 Å². The fourth-order valence-corrected chi connectivity index (χ4v) is 1.99. The SMILES string of the molecule is O=C(NCCCc1ccc(O)cc1)c1ccc(Cl)cc1. The molecule has 2 aromatic rings. The maximum Gasteiger partial charge on any atom is 0.251 e. The molecule has 4 heteroatoms. The summed E-state index contributed by atoms with van der Waals surface area (Å²) < 4.78 is 0. The Morgan fingerprint density at radius 1 is 1.05 bits per heavy atom. The highest BCUT2D eigenvalue weighted by Gasteiger charge is 2.04. The summed E-state index contributed by atoms with van der Waals surface area (Å²) in [5.74, 6) is 0.178. The first-order valence-electron chi connectivity index (χ1n) is 6.47. The maximum atomic E-state index is 11.8. The standard InChI is InChI=1S/C16H16ClNO2/c17-14-7-5-13(6-8-14)16(20)18-11-1-2-12-3-9-15(19)10-4-12/h3-10,19H,1-2,11H2,(H,18,20). The number of halogens is 1. The molecule has 2 rings (SSSR count). The van der Waals surface area contributed by atoms with Gasteiger partial charge < -0.3 is 10.4 Å². The molecule has 2 N–H and O–H groups in total. The van der Waals surface area contributed by atoms with Gasteiger partial charge in [0.05, 0.1) is 0 Å². The lowest BCUT2D eigenvalue weighted by molar-refractivity contribution is 0.0953. The zero-order valence-electron chi connectivity index (χ0n) is 11.0. The van der Waals surface area contributed by atoms with E-state index in [1.165, 1.54) is 0 Å². The number of rotatable bonds is 5. The van der Waals surface area contributed by atoms with E-state index in [0.29, 0.717) is 17.1 Å². The summed E-state index contributed by atoms with van der Waals surface area (Å²) in [7, 11) is 0. The number of hydrogen-bond donors (Lipinski definition) is 2. The molecule has 0 aliphatic heterocycles. The van der Waals surface area contributed by atoms with Gasteiger partial charge in [-0.1, -0.05) is 23.7 Å². The molecule has 0 radical (unpaired) electrons. The average molecular weight is 290 g/mol. The van der Waals surface area contributed by atoms with Crippen LogP contribution in [0.5, 0.6) is 5.75 Å². The van der Waals surface area contributed by atoms with Crippen LogP contribution < -0.4 is 5.32 Å². The number of hydrogen-bond acceptors (Lipinski definition) is 2. The first-order valence-corrected chi connectivity index (χ1v) is 6.84. The van der Waals surface area contributed by atoms with Crippen LogP contribution in [-0.4, -0.2) is 17.6 Å². The molecule has 0 aromatic heterocycles. The van der Waals surface area contributed by atoms with E-state index in [-0.39, 0.29) is 11.7 Å². The molecule has 0 fully saturated rings. The van der Waals surface area contributed by atoms with E-state index in [4.69, 9.17) is 11.6 Å². The van der Waals surface area contributed by atoms with Gasteiger partial charge in [0.1, 0.15) is 5.75 Å². The minimum Gasteiger partial charge on any atom is -0.508 e. The molecular formula is C16H16ClNO2. The molecule has 0 aliphatic carbocycles. The summed E-state index contributed by atoms with van der Waals surface area (Å²) in [6.07, 6.45) is 1.71. The van der Waals surface area contributed by atoms with E-state index < -0.39 is 0 Å². The Morgan fingerprint density at radius 2 is 1.70 bits per heavy atom. The minimum atomic E-state index is -0.0904. The number of phenolic OH excluding ortho intramolecular Hbond substituents is 1. The molecule has 0 bridgehead atoms. The number of carbonyl (C=O) groups is 1. The molecule has 0 atom stereocenters. The molecule has 2 aromatic carbocycles. The van der Waals surface area contributed by atoms with Gasteiger partial charge in [-0.25, -0.2) is 0 Å². The Balaban J connectivity index is 1.74. The molecule has 0 saturated heterocycles.